The SMILES string of the molecule is O=C1OCCN(Cc2ccccc2)c2nc(-c3cccc(Cl)c3)ncc21. The fraction of sp³-hybridized carbons (Fsp3) is 0.150. The van der Waals surface area contributed by atoms with Crippen LogP contribution in [0.4, 0.5) is 5.82 Å². The Balaban J connectivity index is 1.76. The van der Waals surface area contributed by atoms with E-state index in [1.807, 2.05) is 47.4 Å². The minimum atomic E-state index is -0.395. The van der Waals surface area contributed by atoms with Crippen LogP contribution in [0.5, 0.6) is 0 Å². The van der Waals surface area contributed by atoms with Gasteiger partial charge in [0.1, 0.15) is 18.0 Å². The summed E-state index contributed by atoms with van der Waals surface area (Å²) in [6, 6.07) is 17.4. The number of hydrogen-bond donors (Lipinski definition) is 0. The van der Waals surface area contributed by atoms with Crippen LogP contribution >= 0.6 is 11.6 Å². The zero-order valence-electron chi connectivity index (χ0n) is 13.9. The van der Waals surface area contributed by atoms with Gasteiger partial charge in [-0.25, -0.2) is 14.8 Å². The predicted octanol–water partition coefficient (Wildman–Crippen LogP) is 3.97. The number of nitrogens with zero attached hydrogens (tertiary/aromatic N) is 3. The van der Waals surface area contributed by atoms with Crippen molar-refractivity contribution < 1.29 is 9.53 Å². The summed E-state index contributed by atoms with van der Waals surface area (Å²) in [5.74, 6) is 0.716. The van der Waals surface area contributed by atoms with Gasteiger partial charge >= 0.3 is 5.97 Å². The molecule has 0 atom stereocenters. The maximum atomic E-state index is 12.3. The molecule has 0 spiro atoms. The van der Waals surface area contributed by atoms with Crippen molar-refractivity contribution in [1.29, 1.82) is 0 Å². The molecular formula is C20H16ClN3O2. The molecule has 0 radical (unpaired) electrons. The molecule has 1 aromatic heterocycles. The van der Waals surface area contributed by atoms with Crippen LogP contribution < -0.4 is 4.90 Å². The molecule has 6 heteroatoms. The van der Waals surface area contributed by atoms with Crippen molar-refractivity contribution in [3.8, 4) is 11.4 Å². The Bertz CT molecular complexity index is 947. The van der Waals surface area contributed by atoms with Gasteiger partial charge in [0.2, 0.25) is 0 Å². The molecule has 130 valence electrons. The average molecular weight is 366 g/mol. The number of carbonyl (C=O) groups excluding carboxylic acids is 1. The summed E-state index contributed by atoms with van der Waals surface area (Å²) in [7, 11) is 0. The first-order chi connectivity index (χ1) is 12.7. The molecule has 0 saturated carbocycles. The van der Waals surface area contributed by atoms with Gasteiger partial charge in [0.25, 0.3) is 0 Å². The zero-order valence-corrected chi connectivity index (χ0v) is 14.7. The number of benzene rings is 2. The van der Waals surface area contributed by atoms with Crippen molar-refractivity contribution in [2.24, 2.45) is 0 Å². The van der Waals surface area contributed by atoms with Crippen LogP contribution in [0, 0.1) is 0 Å². The molecule has 26 heavy (non-hydrogen) atoms. The molecule has 5 nitrogen and oxygen atoms in total. The topological polar surface area (TPSA) is 55.3 Å². The highest BCUT2D eigenvalue weighted by molar-refractivity contribution is 6.30. The summed E-state index contributed by atoms with van der Waals surface area (Å²) in [5, 5.41) is 0.613. The van der Waals surface area contributed by atoms with Crippen molar-refractivity contribution in [2.45, 2.75) is 6.54 Å². The highest BCUT2D eigenvalue weighted by Crippen LogP contribution is 2.27. The Labute approximate surface area is 156 Å². The quantitative estimate of drug-likeness (QED) is 0.657. The van der Waals surface area contributed by atoms with E-state index in [0.29, 0.717) is 41.9 Å². The monoisotopic (exact) mass is 365 g/mol. The Kier molecular flexibility index (Phi) is 4.54. The molecule has 0 N–H and O–H groups in total. The van der Waals surface area contributed by atoms with E-state index in [1.54, 1.807) is 12.1 Å². The lowest BCUT2D eigenvalue weighted by Crippen LogP contribution is -2.26. The number of fused-ring (bicyclic) bond motifs is 1. The van der Waals surface area contributed by atoms with Gasteiger partial charge in [-0.05, 0) is 17.7 Å². The largest absolute Gasteiger partial charge is 0.460 e. The minimum absolute atomic E-state index is 0.314. The summed E-state index contributed by atoms with van der Waals surface area (Å²) in [5.41, 5.74) is 2.32. The fourth-order valence-electron chi connectivity index (χ4n) is 2.91. The second kappa shape index (κ2) is 7.14. The van der Waals surface area contributed by atoms with E-state index >= 15 is 0 Å². The zero-order chi connectivity index (χ0) is 17.9. The molecule has 0 amide bonds. The van der Waals surface area contributed by atoms with E-state index in [1.165, 1.54) is 6.20 Å². The number of hydrogen-bond acceptors (Lipinski definition) is 5. The second-order valence-corrected chi connectivity index (χ2v) is 6.42. The smallest absolute Gasteiger partial charge is 0.343 e. The fourth-order valence-corrected chi connectivity index (χ4v) is 3.10. The van der Waals surface area contributed by atoms with Crippen molar-refractivity contribution in [3.63, 3.8) is 0 Å². The van der Waals surface area contributed by atoms with E-state index in [2.05, 4.69) is 9.97 Å². The first-order valence-electron chi connectivity index (χ1n) is 8.30. The van der Waals surface area contributed by atoms with Crippen LogP contribution in [0.2, 0.25) is 5.02 Å². The van der Waals surface area contributed by atoms with Crippen molar-refractivity contribution in [2.75, 3.05) is 18.1 Å². The van der Waals surface area contributed by atoms with Gasteiger partial charge in [0, 0.05) is 23.3 Å². The Morgan fingerprint density at radius 1 is 1.12 bits per heavy atom. The molecule has 3 aromatic rings. The maximum Gasteiger partial charge on any atom is 0.343 e. The van der Waals surface area contributed by atoms with E-state index in [0.717, 1.165) is 11.1 Å². The third kappa shape index (κ3) is 3.39. The maximum absolute atomic E-state index is 12.3. The van der Waals surface area contributed by atoms with Crippen LogP contribution in [0.25, 0.3) is 11.4 Å². The van der Waals surface area contributed by atoms with Gasteiger partial charge < -0.3 is 9.64 Å². The van der Waals surface area contributed by atoms with E-state index in [9.17, 15) is 4.79 Å². The number of esters is 1. The molecule has 0 saturated heterocycles. The molecule has 2 heterocycles. The van der Waals surface area contributed by atoms with Crippen LogP contribution in [0.1, 0.15) is 15.9 Å². The molecule has 0 unspecified atom stereocenters. The third-order valence-electron chi connectivity index (χ3n) is 4.18. The third-order valence-corrected chi connectivity index (χ3v) is 4.42. The molecule has 0 bridgehead atoms. The van der Waals surface area contributed by atoms with Gasteiger partial charge in [-0.2, -0.15) is 0 Å². The van der Waals surface area contributed by atoms with Gasteiger partial charge in [-0.15, -0.1) is 0 Å². The predicted molar refractivity (Wildman–Crippen MR) is 100 cm³/mol. The standard InChI is InChI=1S/C20H16ClN3O2/c21-16-8-4-7-15(11-16)18-22-12-17-19(23-18)24(9-10-26-20(17)25)13-14-5-2-1-3-6-14/h1-8,11-12H,9-10,13H2. The Morgan fingerprint density at radius 3 is 2.77 bits per heavy atom. The van der Waals surface area contributed by atoms with Crippen LogP contribution in [0.3, 0.4) is 0 Å². The number of ether oxygens (including phenoxy) is 1. The molecule has 4 rings (SSSR count). The molecule has 0 aliphatic carbocycles. The van der Waals surface area contributed by atoms with Crippen molar-refractivity contribution in [1.82, 2.24) is 9.97 Å². The van der Waals surface area contributed by atoms with Crippen LogP contribution in [-0.2, 0) is 11.3 Å². The number of anilines is 1. The van der Waals surface area contributed by atoms with Gasteiger partial charge in [-0.3, -0.25) is 0 Å². The highest BCUT2D eigenvalue weighted by atomic mass is 35.5. The second-order valence-electron chi connectivity index (χ2n) is 5.98. The summed E-state index contributed by atoms with van der Waals surface area (Å²) >= 11 is 6.08. The first-order valence-corrected chi connectivity index (χ1v) is 8.67. The van der Waals surface area contributed by atoms with E-state index in [-0.39, 0.29) is 0 Å². The lowest BCUT2D eigenvalue weighted by molar-refractivity contribution is 0.0526. The van der Waals surface area contributed by atoms with Gasteiger partial charge in [0.05, 0.1) is 6.54 Å². The molecule has 1 aliphatic heterocycles. The normalized spacial score (nSPS) is 13.7. The van der Waals surface area contributed by atoms with Gasteiger partial charge in [-0.1, -0.05) is 54.1 Å². The minimum Gasteiger partial charge on any atom is -0.460 e. The number of halogens is 1. The van der Waals surface area contributed by atoms with Crippen molar-refractivity contribution in [3.05, 3.63) is 76.9 Å². The molecular weight excluding hydrogens is 350 g/mol. The van der Waals surface area contributed by atoms with Gasteiger partial charge in [0.15, 0.2) is 5.82 Å². The number of carbonyl (C=O) groups is 1. The lowest BCUT2D eigenvalue weighted by Gasteiger charge is -2.22. The summed E-state index contributed by atoms with van der Waals surface area (Å²) in [4.78, 5) is 23.3. The van der Waals surface area contributed by atoms with Crippen LogP contribution in [0.15, 0.2) is 60.8 Å². The first kappa shape index (κ1) is 16.5. The van der Waals surface area contributed by atoms with E-state index < -0.39 is 5.97 Å². The van der Waals surface area contributed by atoms with Crippen LogP contribution in [-0.4, -0.2) is 29.1 Å². The highest BCUT2D eigenvalue weighted by Gasteiger charge is 2.25. The molecule has 1 aliphatic rings. The molecule has 0 fully saturated rings. The number of cyclic esters (lactones) is 1. The Hall–Kier alpha value is -2.92. The van der Waals surface area contributed by atoms with E-state index in [4.69, 9.17) is 16.3 Å². The Morgan fingerprint density at radius 2 is 1.96 bits per heavy atom. The number of rotatable bonds is 3. The summed E-state index contributed by atoms with van der Waals surface area (Å²) in [6.45, 7) is 1.52. The molecule has 2 aromatic carbocycles. The average Bonchev–Trinajstić information content (AvgIpc) is 2.82. The number of aromatic nitrogens is 2. The van der Waals surface area contributed by atoms with Crippen molar-refractivity contribution >= 4 is 23.4 Å². The summed E-state index contributed by atoms with van der Waals surface area (Å²) < 4.78 is 5.28. The summed E-state index contributed by atoms with van der Waals surface area (Å²) in [6.07, 6.45) is 1.53. The lowest BCUT2D eigenvalue weighted by atomic mass is 10.2.